The highest BCUT2D eigenvalue weighted by Crippen LogP contribution is 2.36. The van der Waals surface area contributed by atoms with Crippen molar-refractivity contribution in [3.8, 4) is 28.8 Å². The molecule has 158 valence electrons. The van der Waals surface area contributed by atoms with Gasteiger partial charge in [-0.05, 0) is 31.2 Å². The van der Waals surface area contributed by atoms with Crippen LogP contribution in [0.4, 0.5) is 0 Å². The summed E-state index contributed by atoms with van der Waals surface area (Å²) in [6.07, 6.45) is 2.08. The van der Waals surface area contributed by atoms with Crippen LogP contribution in [0.1, 0.15) is 18.0 Å². The normalized spacial score (nSPS) is 13.6. The lowest BCUT2D eigenvalue weighted by atomic mass is 10.2. The zero-order valence-electron chi connectivity index (χ0n) is 16.7. The minimum absolute atomic E-state index is 0. The molecule has 0 spiro atoms. The summed E-state index contributed by atoms with van der Waals surface area (Å²) in [5.41, 5.74) is 0.600. The van der Waals surface area contributed by atoms with Crippen molar-refractivity contribution in [2.24, 2.45) is 10.2 Å². The Morgan fingerprint density at radius 1 is 1.13 bits per heavy atom. The molecule has 1 aliphatic rings. The molecule has 1 aliphatic heterocycles. The van der Waals surface area contributed by atoms with Crippen LogP contribution in [0.3, 0.4) is 0 Å². The van der Waals surface area contributed by atoms with E-state index >= 15 is 0 Å². The van der Waals surface area contributed by atoms with E-state index in [0.717, 1.165) is 5.76 Å². The summed E-state index contributed by atoms with van der Waals surface area (Å²) in [4.78, 5) is 0. The van der Waals surface area contributed by atoms with Crippen molar-refractivity contribution in [2.75, 3.05) is 14.2 Å². The number of aromatic nitrogens is 3. The molecule has 11 heteroatoms. The Morgan fingerprint density at radius 2 is 1.87 bits per heavy atom. The van der Waals surface area contributed by atoms with E-state index in [9.17, 15) is 4.21 Å². The molecule has 0 fully saturated rings. The number of para-hydroxylation sites is 1. The Hall–Kier alpha value is -3.31. The predicted molar refractivity (Wildman–Crippen MR) is 113 cm³/mol. The summed E-state index contributed by atoms with van der Waals surface area (Å²) >= 11 is 0. The molecule has 0 aliphatic carbocycles. The average molecular weight is 431 g/mol. The number of hydrogen-bond donors (Lipinski definition) is 0. The Morgan fingerprint density at radius 3 is 2.43 bits per heavy atom. The lowest BCUT2D eigenvalue weighted by Gasteiger charge is -2.16. The maximum Gasteiger partial charge on any atom is 0.204 e. The van der Waals surface area contributed by atoms with Crippen LogP contribution in [0.15, 0.2) is 45.0 Å². The Labute approximate surface area is 175 Å². The first-order valence-corrected chi connectivity index (χ1v) is 10.1. The number of hydrogen-bond acceptors (Lipinski definition) is 8. The van der Waals surface area contributed by atoms with Crippen LogP contribution in [0.25, 0.3) is 17.3 Å². The summed E-state index contributed by atoms with van der Waals surface area (Å²) in [7, 11) is 1.75. The van der Waals surface area contributed by atoms with Crippen LogP contribution in [0.5, 0.6) is 11.5 Å². The lowest BCUT2D eigenvalue weighted by Crippen LogP contribution is -2.13. The fourth-order valence-electron chi connectivity index (χ4n) is 3.02. The molecule has 2 aromatic heterocycles. The molecule has 0 saturated carbocycles. The van der Waals surface area contributed by atoms with Crippen LogP contribution in [0, 0.1) is 6.92 Å². The van der Waals surface area contributed by atoms with E-state index in [1.54, 1.807) is 25.0 Å². The topological polar surface area (TPSA) is 136 Å². The molecule has 0 bridgehead atoms. The van der Waals surface area contributed by atoms with Gasteiger partial charge in [0, 0.05) is 12.6 Å². The molecule has 0 radical (unpaired) electrons. The zero-order valence-corrected chi connectivity index (χ0v) is 17.5. The third kappa shape index (κ3) is 3.89. The number of aryl methyl sites for hydroxylation is 1. The van der Waals surface area contributed by atoms with Crippen LogP contribution < -0.4 is 9.47 Å². The second-order valence-corrected chi connectivity index (χ2v) is 7.63. The first kappa shape index (κ1) is 21.4. The number of benzene rings is 1. The van der Waals surface area contributed by atoms with Gasteiger partial charge >= 0.3 is 0 Å². The Kier molecular flexibility index (Phi) is 6.43. The predicted octanol–water partition coefficient (Wildman–Crippen LogP) is 2.06. The summed E-state index contributed by atoms with van der Waals surface area (Å²) in [5.74, 6) is 3.41. The van der Waals surface area contributed by atoms with Gasteiger partial charge in [-0.1, -0.05) is 6.07 Å². The minimum atomic E-state index is -1.40. The molecular formula is C19H21N5O5S. The van der Waals surface area contributed by atoms with Crippen molar-refractivity contribution >= 4 is 22.1 Å². The summed E-state index contributed by atoms with van der Waals surface area (Å²) in [6.45, 7) is 1.85. The maximum absolute atomic E-state index is 12.8. The van der Waals surface area contributed by atoms with Gasteiger partial charge in [-0.25, -0.2) is 0 Å². The monoisotopic (exact) mass is 431 g/mol. The highest BCUT2D eigenvalue weighted by atomic mass is 32.2. The maximum atomic E-state index is 12.8. The van der Waals surface area contributed by atoms with Gasteiger partial charge in [-0.2, -0.15) is 5.10 Å². The van der Waals surface area contributed by atoms with E-state index in [1.807, 2.05) is 37.3 Å². The van der Waals surface area contributed by atoms with Crippen molar-refractivity contribution in [2.45, 2.75) is 19.1 Å². The third-order valence-electron chi connectivity index (χ3n) is 4.36. The summed E-state index contributed by atoms with van der Waals surface area (Å²) < 4.78 is 31.4. The second-order valence-electron chi connectivity index (χ2n) is 6.18. The highest BCUT2D eigenvalue weighted by Gasteiger charge is 2.26. The molecule has 4 rings (SSSR count). The van der Waals surface area contributed by atoms with Gasteiger partial charge in [0.15, 0.2) is 11.6 Å². The summed E-state index contributed by atoms with van der Waals surface area (Å²) in [6, 6.07) is 9.10. The Balaban J connectivity index is 0.00000256. The van der Waals surface area contributed by atoms with Gasteiger partial charge in [0.25, 0.3) is 0 Å². The van der Waals surface area contributed by atoms with Crippen LogP contribution in [-0.4, -0.2) is 49.9 Å². The molecule has 1 atom stereocenters. The molecule has 10 nitrogen and oxygen atoms in total. The fourth-order valence-corrected chi connectivity index (χ4v) is 4.00. The highest BCUT2D eigenvalue weighted by molar-refractivity contribution is 8.00. The van der Waals surface area contributed by atoms with E-state index < -0.39 is 10.8 Å². The van der Waals surface area contributed by atoms with Gasteiger partial charge in [0.1, 0.15) is 28.0 Å². The van der Waals surface area contributed by atoms with Crippen molar-refractivity contribution < 1.29 is 23.6 Å². The Bertz CT molecular complexity index is 1110. The average Bonchev–Trinajstić information content (AvgIpc) is 3.48. The van der Waals surface area contributed by atoms with E-state index in [2.05, 4.69) is 20.4 Å². The smallest absolute Gasteiger partial charge is 0.204 e. The van der Waals surface area contributed by atoms with Crippen LogP contribution in [0.2, 0.25) is 0 Å². The number of rotatable bonds is 6. The molecule has 30 heavy (non-hydrogen) atoms. The number of nitrogens with zero attached hydrogens (tertiary/aromatic N) is 5. The molecule has 2 N–H and O–H groups in total. The van der Waals surface area contributed by atoms with Crippen molar-refractivity contribution in [1.29, 1.82) is 0 Å². The van der Waals surface area contributed by atoms with E-state index in [1.165, 1.54) is 0 Å². The van der Waals surface area contributed by atoms with E-state index in [0.29, 0.717) is 46.1 Å². The largest absolute Gasteiger partial charge is 0.494 e. The van der Waals surface area contributed by atoms with E-state index in [-0.39, 0.29) is 11.2 Å². The van der Waals surface area contributed by atoms with Crippen molar-refractivity contribution in [3.63, 3.8) is 0 Å². The number of ether oxygens (including phenoxy) is 2. The van der Waals surface area contributed by atoms with Crippen LogP contribution in [-0.2, 0) is 16.6 Å². The molecule has 0 amide bonds. The minimum Gasteiger partial charge on any atom is -0.494 e. The SMILES string of the molecule is COc1cccc(OC)c1-n1c(CS(=O)C2=NN=CC2)nnc1-c1ccc(C)o1.O. The van der Waals surface area contributed by atoms with Gasteiger partial charge < -0.3 is 19.4 Å². The first-order valence-electron chi connectivity index (χ1n) is 8.81. The lowest BCUT2D eigenvalue weighted by molar-refractivity contribution is 0.390. The number of methoxy groups -OCH3 is 2. The second kappa shape index (κ2) is 9.01. The molecule has 1 unspecified atom stereocenters. The van der Waals surface area contributed by atoms with Gasteiger partial charge in [0.05, 0.1) is 30.8 Å². The molecule has 0 saturated heterocycles. The van der Waals surface area contributed by atoms with Crippen LogP contribution >= 0.6 is 0 Å². The molecule has 3 aromatic rings. The van der Waals surface area contributed by atoms with Crippen molar-refractivity contribution in [1.82, 2.24) is 14.8 Å². The fraction of sp³-hybridized carbons (Fsp3) is 0.263. The first-order chi connectivity index (χ1) is 14.1. The quantitative estimate of drug-likeness (QED) is 0.586. The molecule has 1 aromatic carbocycles. The molecule has 3 heterocycles. The van der Waals surface area contributed by atoms with Gasteiger partial charge in [0.2, 0.25) is 5.82 Å². The van der Waals surface area contributed by atoms with Gasteiger partial charge in [-0.15, -0.1) is 15.3 Å². The summed E-state index contributed by atoms with van der Waals surface area (Å²) in [5, 5.41) is 16.8. The van der Waals surface area contributed by atoms with Gasteiger partial charge in [-0.3, -0.25) is 8.78 Å². The molecular weight excluding hydrogens is 410 g/mol. The van der Waals surface area contributed by atoms with Crippen molar-refractivity contribution in [3.05, 3.63) is 41.9 Å². The third-order valence-corrected chi connectivity index (χ3v) is 5.65. The zero-order chi connectivity index (χ0) is 20.4. The van der Waals surface area contributed by atoms with E-state index in [4.69, 9.17) is 13.9 Å². The standard InChI is InChI=1S/C19H19N5O4S.H2O/c1-12-7-8-15(28-12)19-23-21-16(11-29(25)17-9-10-20-22-17)24(19)18-13(26-2)5-4-6-14(18)27-3;/h4-8,10H,9,11H2,1-3H3;1H2. The number of furan rings is 1.